The fourth-order valence-corrected chi connectivity index (χ4v) is 2.15. The van der Waals surface area contributed by atoms with Crippen LogP contribution >= 0.6 is 0 Å². The first-order valence-electron chi connectivity index (χ1n) is 6.43. The zero-order valence-corrected chi connectivity index (χ0v) is 11.4. The number of carbonyl (C=O) groups excluding carboxylic acids is 1. The number of anilines is 1. The summed E-state index contributed by atoms with van der Waals surface area (Å²) in [5.41, 5.74) is 0.344. The molecule has 5 nitrogen and oxygen atoms in total. The zero-order valence-electron chi connectivity index (χ0n) is 11.4. The number of pyridine rings is 2. The van der Waals surface area contributed by atoms with Crippen LogP contribution in [0.5, 0.6) is 5.75 Å². The van der Waals surface area contributed by atoms with Crippen molar-refractivity contribution < 1.29 is 9.53 Å². The predicted octanol–water partition coefficient (Wildman–Crippen LogP) is 2.89. The van der Waals surface area contributed by atoms with Crippen LogP contribution < -0.4 is 10.1 Å². The molecule has 0 radical (unpaired) electrons. The van der Waals surface area contributed by atoms with Crippen LogP contribution in [0.2, 0.25) is 0 Å². The van der Waals surface area contributed by atoms with E-state index < -0.39 is 0 Å². The highest BCUT2D eigenvalue weighted by atomic mass is 16.5. The Morgan fingerprint density at radius 1 is 1.00 bits per heavy atom. The molecule has 0 aliphatic rings. The maximum atomic E-state index is 12.4. The average Bonchev–Trinajstić information content (AvgIpc) is 2.54. The van der Waals surface area contributed by atoms with Gasteiger partial charge in [0.2, 0.25) is 0 Å². The van der Waals surface area contributed by atoms with Crippen LogP contribution in [0, 0.1) is 0 Å². The Morgan fingerprint density at radius 3 is 2.67 bits per heavy atom. The molecule has 0 atom stereocenters. The Balaban J connectivity index is 2.02. The number of amides is 1. The maximum Gasteiger partial charge on any atom is 0.276 e. The first-order chi connectivity index (χ1) is 10.3. The van der Waals surface area contributed by atoms with Gasteiger partial charge in [-0.1, -0.05) is 18.2 Å². The number of hydrogen-bond donors (Lipinski definition) is 1. The summed E-state index contributed by atoms with van der Waals surface area (Å²) in [4.78, 5) is 20.6. The van der Waals surface area contributed by atoms with Crippen molar-refractivity contribution in [3.8, 4) is 5.75 Å². The number of methoxy groups -OCH3 is 1. The summed E-state index contributed by atoms with van der Waals surface area (Å²) < 4.78 is 5.31. The minimum atomic E-state index is -0.299. The summed E-state index contributed by atoms with van der Waals surface area (Å²) in [6.07, 6.45) is 3.22. The number of carbonyl (C=O) groups is 1. The highest BCUT2D eigenvalue weighted by Gasteiger charge is 2.14. The fourth-order valence-electron chi connectivity index (χ4n) is 2.15. The van der Waals surface area contributed by atoms with Gasteiger partial charge in [0.25, 0.3) is 5.91 Å². The van der Waals surface area contributed by atoms with Gasteiger partial charge in [0.1, 0.15) is 17.3 Å². The highest BCUT2D eigenvalue weighted by Crippen LogP contribution is 2.26. The van der Waals surface area contributed by atoms with Crippen LogP contribution in [-0.4, -0.2) is 23.0 Å². The van der Waals surface area contributed by atoms with Gasteiger partial charge in [-0.3, -0.25) is 9.78 Å². The molecule has 5 heteroatoms. The lowest BCUT2D eigenvalue weighted by Crippen LogP contribution is -2.14. The summed E-state index contributed by atoms with van der Waals surface area (Å²) in [6, 6.07) is 12.7. The standard InChI is InChI=1S/C16H13N3O2/c1-21-13-6-4-5-12-11(13)8-10-18-15(12)16(20)19-14-7-2-3-9-17-14/h2-10H,1H3,(H,17,19,20). The minimum Gasteiger partial charge on any atom is -0.496 e. The monoisotopic (exact) mass is 279 g/mol. The lowest BCUT2D eigenvalue weighted by atomic mass is 10.1. The summed E-state index contributed by atoms with van der Waals surface area (Å²) in [7, 11) is 1.60. The Morgan fingerprint density at radius 2 is 1.90 bits per heavy atom. The molecule has 0 unspecified atom stereocenters. The molecule has 0 bridgehead atoms. The Hall–Kier alpha value is -2.95. The highest BCUT2D eigenvalue weighted by molar-refractivity contribution is 6.11. The molecule has 0 fully saturated rings. The third kappa shape index (κ3) is 2.53. The molecule has 1 aromatic carbocycles. The molecular weight excluding hydrogens is 266 g/mol. The van der Waals surface area contributed by atoms with E-state index in [1.54, 1.807) is 31.6 Å². The number of hydrogen-bond acceptors (Lipinski definition) is 4. The van der Waals surface area contributed by atoms with Gasteiger partial charge in [-0.2, -0.15) is 0 Å². The second kappa shape index (κ2) is 5.58. The molecule has 3 aromatic rings. The quantitative estimate of drug-likeness (QED) is 0.800. The van der Waals surface area contributed by atoms with Crippen LogP contribution in [0.4, 0.5) is 5.82 Å². The smallest absolute Gasteiger partial charge is 0.276 e. The molecule has 1 amide bonds. The number of fused-ring (bicyclic) bond motifs is 1. The number of aromatic nitrogens is 2. The number of rotatable bonds is 3. The van der Waals surface area contributed by atoms with Crippen molar-refractivity contribution in [3.05, 3.63) is 60.6 Å². The second-order valence-electron chi connectivity index (χ2n) is 4.38. The van der Waals surface area contributed by atoms with Crippen molar-refractivity contribution in [3.63, 3.8) is 0 Å². The topological polar surface area (TPSA) is 64.1 Å². The third-order valence-electron chi connectivity index (χ3n) is 3.11. The van der Waals surface area contributed by atoms with Crippen LogP contribution in [0.15, 0.2) is 54.9 Å². The van der Waals surface area contributed by atoms with Crippen molar-refractivity contribution in [2.24, 2.45) is 0 Å². The third-order valence-corrected chi connectivity index (χ3v) is 3.11. The lowest BCUT2D eigenvalue weighted by molar-refractivity contribution is 0.102. The van der Waals surface area contributed by atoms with E-state index in [0.717, 1.165) is 10.8 Å². The van der Waals surface area contributed by atoms with Gasteiger partial charge in [0.15, 0.2) is 0 Å². The van der Waals surface area contributed by atoms with Gasteiger partial charge in [-0.15, -0.1) is 0 Å². The molecule has 0 aliphatic heterocycles. The molecule has 21 heavy (non-hydrogen) atoms. The van der Waals surface area contributed by atoms with Crippen molar-refractivity contribution in [1.82, 2.24) is 9.97 Å². The number of benzene rings is 1. The number of nitrogens with one attached hydrogen (secondary N) is 1. The zero-order chi connectivity index (χ0) is 14.7. The molecule has 0 saturated carbocycles. The molecule has 0 spiro atoms. The molecule has 0 aliphatic carbocycles. The molecular formula is C16H13N3O2. The Kier molecular flexibility index (Phi) is 3.47. The molecule has 2 aromatic heterocycles. The fraction of sp³-hybridized carbons (Fsp3) is 0.0625. The van der Waals surface area contributed by atoms with Crippen molar-refractivity contribution in [2.45, 2.75) is 0 Å². The van der Waals surface area contributed by atoms with E-state index in [1.165, 1.54) is 0 Å². The Bertz CT molecular complexity index is 788. The lowest BCUT2D eigenvalue weighted by Gasteiger charge is -2.09. The SMILES string of the molecule is COc1cccc2c(C(=O)Nc3ccccn3)nccc12. The molecule has 0 saturated heterocycles. The van der Waals surface area contributed by atoms with E-state index in [2.05, 4.69) is 15.3 Å². The van der Waals surface area contributed by atoms with Crippen molar-refractivity contribution in [1.29, 1.82) is 0 Å². The van der Waals surface area contributed by atoms with E-state index in [1.807, 2.05) is 30.3 Å². The van der Waals surface area contributed by atoms with Crippen LogP contribution in [-0.2, 0) is 0 Å². The van der Waals surface area contributed by atoms with Crippen LogP contribution in [0.1, 0.15) is 10.5 Å². The van der Waals surface area contributed by atoms with Gasteiger partial charge in [-0.25, -0.2) is 4.98 Å². The van der Waals surface area contributed by atoms with Crippen molar-refractivity contribution in [2.75, 3.05) is 12.4 Å². The Labute approximate surface area is 121 Å². The van der Waals surface area contributed by atoms with E-state index in [4.69, 9.17) is 4.74 Å². The number of nitrogens with zero attached hydrogens (tertiary/aromatic N) is 2. The first-order valence-corrected chi connectivity index (χ1v) is 6.43. The second-order valence-corrected chi connectivity index (χ2v) is 4.38. The van der Waals surface area contributed by atoms with Gasteiger partial charge < -0.3 is 10.1 Å². The van der Waals surface area contributed by atoms with Crippen LogP contribution in [0.25, 0.3) is 10.8 Å². The van der Waals surface area contributed by atoms with E-state index >= 15 is 0 Å². The van der Waals surface area contributed by atoms with Crippen molar-refractivity contribution >= 4 is 22.5 Å². The number of ether oxygens (including phenoxy) is 1. The van der Waals surface area contributed by atoms with E-state index in [-0.39, 0.29) is 5.91 Å². The largest absolute Gasteiger partial charge is 0.496 e. The maximum absolute atomic E-state index is 12.4. The molecule has 104 valence electrons. The van der Waals surface area contributed by atoms with Crippen LogP contribution in [0.3, 0.4) is 0 Å². The molecule has 2 heterocycles. The van der Waals surface area contributed by atoms with Gasteiger partial charge in [-0.05, 0) is 24.3 Å². The summed E-state index contributed by atoms with van der Waals surface area (Å²) in [5, 5.41) is 4.32. The summed E-state index contributed by atoms with van der Waals surface area (Å²) in [6.45, 7) is 0. The summed E-state index contributed by atoms with van der Waals surface area (Å²) in [5.74, 6) is 0.901. The summed E-state index contributed by atoms with van der Waals surface area (Å²) >= 11 is 0. The molecule has 1 N–H and O–H groups in total. The van der Waals surface area contributed by atoms with Gasteiger partial charge >= 0.3 is 0 Å². The molecule has 3 rings (SSSR count). The van der Waals surface area contributed by atoms with Gasteiger partial charge in [0, 0.05) is 23.2 Å². The average molecular weight is 279 g/mol. The first kappa shape index (κ1) is 13.1. The normalized spacial score (nSPS) is 10.3. The van der Waals surface area contributed by atoms with E-state index in [9.17, 15) is 4.79 Å². The minimum absolute atomic E-state index is 0.299. The van der Waals surface area contributed by atoms with Gasteiger partial charge in [0.05, 0.1) is 7.11 Å². The predicted molar refractivity (Wildman–Crippen MR) is 80.5 cm³/mol. The van der Waals surface area contributed by atoms with E-state index in [0.29, 0.717) is 17.3 Å².